The molecule has 2 N–H and O–H groups in total. The number of carbonyl (C=O) groups excluding carboxylic acids is 1. The third kappa shape index (κ3) is 3.16. The first-order chi connectivity index (χ1) is 6.24. The number of hydrogen-bond donors (Lipinski definition) is 1. The largest absolute Gasteiger partial charge is 0.330 e. The summed E-state index contributed by atoms with van der Waals surface area (Å²) in [5, 5.41) is 0. The van der Waals surface area contributed by atoms with Gasteiger partial charge in [-0.15, -0.1) is 11.8 Å². The first kappa shape index (κ1) is 10.2. The normalized spacial score (nSPS) is 10.0. The molecule has 0 aliphatic heterocycles. The molecule has 1 aromatic rings. The molecule has 0 aliphatic carbocycles. The van der Waals surface area contributed by atoms with Crippen molar-refractivity contribution in [1.29, 1.82) is 0 Å². The molecule has 0 fully saturated rings. The summed E-state index contributed by atoms with van der Waals surface area (Å²) in [6, 6.07) is 1.84. The van der Waals surface area contributed by atoms with Gasteiger partial charge in [-0.05, 0) is 13.0 Å². The highest BCUT2D eigenvalue weighted by Crippen LogP contribution is 2.17. The number of pyridine rings is 1. The van der Waals surface area contributed by atoms with Gasteiger partial charge in [0, 0.05) is 35.2 Å². The molecule has 0 aromatic carbocycles. The molecule has 1 aromatic heterocycles. The molecule has 0 radical (unpaired) electrons. The summed E-state index contributed by atoms with van der Waals surface area (Å²) >= 11 is 1.61. The van der Waals surface area contributed by atoms with E-state index in [1.165, 1.54) is 6.92 Å². The fourth-order valence-electron chi connectivity index (χ4n) is 0.867. The van der Waals surface area contributed by atoms with E-state index in [0.717, 1.165) is 10.6 Å². The summed E-state index contributed by atoms with van der Waals surface area (Å²) in [4.78, 5) is 16.0. The smallest absolute Gasteiger partial charge is 0.161 e. The van der Waals surface area contributed by atoms with Gasteiger partial charge in [-0.3, -0.25) is 9.78 Å². The minimum absolute atomic E-state index is 0.0442. The number of rotatable bonds is 4. The molecule has 0 unspecified atom stereocenters. The highest BCUT2D eigenvalue weighted by molar-refractivity contribution is 7.99. The summed E-state index contributed by atoms with van der Waals surface area (Å²) < 4.78 is 0. The van der Waals surface area contributed by atoms with Crippen molar-refractivity contribution in [3.05, 3.63) is 24.0 Å². The number of Topliss-reactive ketones (excluding diaryl/α,β-unsaturated/α-hetero) is 1. The molecule has 0 amide bonds. The van der Waals surface area contributed by atoms with E-state index in [9.17, 15) is 4.79 Å². The minimum atomic E-state index is 0.0442. The van der Waals surface area contributed by atoms with Crippen LogP contribution >= 0.6 is 11.8 Å². The van der Waals surface area contributed by atoms with Crippen LogP contribution in [-0.4, -0.2) is 23.1 Å². The number of nitrogens with zero attached hydrogens (tertiary/aromatic N) is 1. The molecule has 3 nitrogen and oxygen atoms in total. The van der Waals surface area contributed by atoms with Gasteiger partial charge >= 0.3 is 0 Å². The molecule has 4 heteroatoms. The predicted molar refractivity (Wildman–Crippen MR) is 54.0 cm³/mol. The third-order valence-electron chi connectivity index (χ3n) is 1.51. The monoisotopic (exact) mass is 196 g/mol. The molecule has 1 heterocycles. The van der Waals surface area contributed by atoms with Crippen molar-refractivity contribution in [2.75, 3.05) is 12.3 Å². The summed E-state index contributed by atoms with van der Waals surface area (Å²) in [6.45, 7) is 2.17. The lowest BCUT2D eigenvalue weighted by Gasteiger charge is -2.00. The van der Waals surface area contributed by atoms with Crippen molar-refractivity contribution in [3.63, 3.8) is 0 Å². The molecule has 0 saturated heterocycles. The quantitative estimate of drug-likeness (QED) is 0.583. The Morgan fingerprint density at radius 1 is 1.62 bits per heavy atom. The second kappa shape index (κ2) is 4.99. The summed E-state index contributed by atoms with van der Waals surface area (Å²) in [7, 11) is 0. The number of nitrogens with two attached hydrogens (primary N) is 1. The molecule has 0 spiro atoms. The number of thioether (sulfide) groups is 1. The van der Waals surface area contributed by atoms with E-state index < -0.39 is 0 Å². The average molecular weight is 196 g/mol. The van der Waals surface area contributed by atoms with E-state index >= 15 is 0 Å². The lowest BCUT2D eigenvalue weighted by atomic mass is 10.2. The number of carbonyl (C=O) groups is 1. The summed E-state index contributed by atoms with van der Waals surface area (Å²) in [5.74, 6) is 0.894. The molecular formula is C9H12N2OS. The Morgan fingerprint density at radius 2 is 2.38 bits per heavy atom. The molecular weight excluding hydrogens is 184 g/mol. The van der Waals surface area contributed by atoms with Crippen molar-refractivity contribution in [1.82, 2.24) is 4.98 Å². The maximum Gasteiger partial charge on any atom is 0.161 e. The maximum absolute atomic E-state index is 11.0. The Balaban J connectivity index is 2.73. The molecule has 13 heavy (non-hydrogen) atoms. The van der Waals surface area contributed by atoms with E-state index in [1.54, 1.807) is 24.2 Å². The lowest BCUT2D eigenvalue weighted by molar-refractivity contribution is 0.101. The standard InChI is InChI=1S/C9H12N2OS/c1-7(12)8-4-9(6-11-5-8)13-3-2-10/h4-6H,2-3,10H2,1H3. The Labute approximate surface area is 81.7 Å². The van der Waals surface area contributed by atoms with Crippen LogP contribution in [0, 0.1) is 0 Å². The van der Waals surface area contributed by atoms with Gasteiger partial charge in [-0.1, -0.05) is 0 Å². The molecule has 70 valence electrons. The minimum Gasteiger partial charge on any atom is -0.330 e. The summed E-state index contributed by atoms with van der Waals surface area (Å²) in [5.41, 5.74) is 6.02. The lowest BCUT2D eigenvalue weighted by Crippen LogP contribution is -2.01. The van der Waals surface area contributed by atoms with Gasteiger partial charge in [0.25, 0.3) is 0 Å². The molecule has 0 aliphatic rings. The van der Waals surface area contributed by atoms with E-state index in [1.807, 2.05) is 6.07 Å². The van der Waals surface area contributed by atoms with Gasteiger partial charge in [-0.25, -0.2) is 0 Å². The van der Waals surface area contributed by atoms with Crippen LogP contribution in [0.1, 0.15) is 17.3 Å². The zero-order chi connectivity index (χ0) is 9.68. The highest BCUT2D eigenvalue weighted by atomic mass is 32.2. The zero-order valence-electron chi connectivity index (χ0n) is 7.49. The van der Waals surface area contributed by atoms with Crippen LogP contribution in [0.25, 0.3) is 0 Å². The van der Waals surface area contributed by atoms with Crippen molar-refractivity contribution in [2.24, 2.45) is 5.73 Å². The second-order valence-electron chi connectivity index (χ2n) is 2.60. The highest BCUT2D eigenvalue weighted by Gasteiger charge is 2.00. The Kier molecular flexibility index (Phi) is 3.92. The van der Waals surface area contributed by atoms with Crippen LogP contribution in [0.3, 0.4) is 0 Å². The Bertz CT molecular complexity index is 301. The van der Waals surface area contributed by atoms with Gasteiger partial charge in [0.15, 0.2) is 5.78 Å². The van der Waals surface area contributed by atoms with Gasteiger partial charge in [0.05, 0.1) is 0 Å². The maximum atomic E-state index is 11.0. The first-order valence-electron chi connectivity index (χ1n) is 4.03. The fourth-order valence-corrected chi connectivity index (χ4v) is 1.57. The molecule has 0 atom stereocenters. The van der Waals surface area contributed by atoms with Gasteiger partial charge in [0.2, 0.25) is 0 Å². The Hall–Kier alpha value is -0.870. The molecule has 1 rings (SSSR count). The number of hydrogen-bond acceptors (Lipinski definition) is 4. The van der Waals surface area contributed by atoms with Crippen LogP contribution in [0.15, 0.2) is 23.4 Å². The van der Waals surface area contributed by atoms with Crippen molar-refractivity contribution in [3.8, 4) is 0 Å². The average Bonchev–Trinajstić information content (AvgIpc) is 2.15. The molecule has 0 bridgehead atoms. The van der Waals surface area contributed by atoms with Crippen LogP contribution in [0.2, 0.25) is 0 Å². The van der Waals surface area contributed by atoms with Gasteiger partial charge in [-0.2, -0.15) is 0 Å². The number of ketones is 1. The SMILES string of the molecule is CC(=O)c1cncc(SCCN)c1. The second-order valence-corrected chi connectivity index (χ2v) is 3.77. The fraction of sp³-hybridized carbons (Fsp3) is 0.333. The van der Waals surface area contributed by atoms with Crippen LogP contribution in [0.5, 0.6) is 0 Å². The number of aromatic nitrogens is 1. The van der Waals surface area contributed by atoms with Crippen molar-refractivity contribution >= 4 is 17.5 Å². The van der Waals surface area contributed by atoms with Crippen molar-refractivity contribution in [2.45, 2.75) is 11.8 Å². The zero-order valence-corrected chi connectivity index (χ0v) is 8.30. The van der Waals surface area contributed by atoms with Crippen LogP contribution in [-0.2, 0) is 0 Å². The van der Waals surface area contributed by atoms with Crippen LogP contribution in [0.4, 0.5) is 0 Å². The van der Waals surface area contributed by atoms with Gasteiger partial charge in [0.1, 0.15) is 0 Å². The first-order valence-corrected chi connectivity index (χ1v) is 5.01. The summed E-state index contributed by atoms with van der Waals surface area (Å²) in [6.07, 6.45) is 3.32. The van der Waals surface area contributed by atoms with E-state index in [0.29, 0.717) is 12.1 Å². The Morgan fingerprint density at radius 3 is 3.00 bits per heavy atom. The van der Waals surface area contributed by atoms with E-state index in [2.05, 4.69) is 4.98 Å². The predicted octanol–water partition coefficient (Wildman–Crippen LogP) is 1.33. The van der Waals surface area contributed by atoms with Crippen LogP contribution < -0.4 is 5.73 Å². The topological polar surface area (TPSA) is 56.0 Å². The van der Waals surface area contributed by atoms with E-state index in [4.69, 9.17) is 5.73 Å². The van der Waals surface area contributed by atoms with E-state index in [-0.39, 0.29) is 5.78 Å². The van der Waals surface area contributed by atoms with Crippen molar-refractivity contribution < 1.29 is 4.79 Å². The van der Waals surface area contributed by atoms with Gasteiger partial charge < -0.3 is 5.73 Å². The third-order valence-corrected chi connectivity index (χ3v) is 2.50. The molecule has 0 saturated carbocycles.